The van der Waals surface area contributed by atoms with E-state index in [-0.39, 0.29) is 12.6 Å². The first-order valence-corrected chi connectivity index (χ1v) is 9.23. The number of anilines is 2. The summed E-state index contributed by atoms with van der Waals surface area (Å²) in [6.07, 6.45) is 1.58. The summed E-state index contributed by atoms with van der Waals surface area (Å²) in [6.45, 7) is 10.0. The molecule has 2 N–H and O–H groups in total. The number of ether oxygens (including phenoxy) is 2. The number of morpholine rings is 1. The van der Waals surface area contributed by atoms with Crippen molar-refractivity contribution in [2.45, 2.75) is 33.3 Å². The molecule has 0 atom stereocenters. The van der Waals surface area contributed by atoms with Crippen LogP contribution in [0.2, 0.25) is 0 Å². The molecule has 3 heterocycles. The van der Waals surface area contributed by atoms with Crippen LogP contribution >= 0.6 is 0 Å². The van der Waals surface area contributed by atoms with Crippen molar-refractivity contribution in [2.75, 3.05) is 43.2 Å². The molecule has 152 valence electrons. The van der Waals surface area contributed by atoms with Crippen LogP contribution in [-0.4, -0.2) is 59.8 Å². The van der Waals surface area contributed by atoms with Crippen molar-refractivity contribution in [2.24, 2.45) is 5.10 Å². The maximum absolute atomic E-state index is 9.90. The molecule has 0 aliphatic carbocycles. The first-order chi connectivity index (χ1) is 13.3. The minimum Gasteiger partial charge on any atom is -0.460 e. The quantitative estimate of drug-likeness (QED) is 0.548. The van der Waals surface area contributed by atoms with Crippen molar-refractivity contribution in [1.82, 2.24) is 9.97 Å². The molecule has 9 heteroatoms. The Balaban J connectivity index is 1.78. The molecule has 2 aromatic rings. The van der Waals surface area contributed by atoms with Crippen LogP contribution in [0, 0.1) is 13.8 Å². The molecular weight excluding hydrogens is 362 g/mol. The summed E-state index contributed by atoms with van der Waals surface area (Å²) in [5, 5.41) is 14.1. The first kappa shape index (κ1) is 20.1. The Labute approximate surface area is 164 Å². The van der Waals surface area contributed by atoms with Crippen LogP contribution in [0.15, 0.2) is 21.7 Å². The zero-order valence-corrected chi connectivity index (χ0v) is 16.7. The Kier molecular flexibility index (Phi) is 6.15. The topological polar surface area (TPSA) is 105 Å². The van der Waals surface area contributed by atoms with E-state index < -0.39 is 5.60 Å². The molecule has 3 rings (SSSR count). The van der Waals surface area contributed by atoms with Crippen LogP contribution in [0.25, 0.3) is 0 Å². The number of aromatic nitrogens is 2. The highest BCUT2D eigenvalue weighted by molar-refractivity contribution is 5.79. The van der Waals surface area contributed by atoms with Gasteiger partial charge in [-0.3, -0.25) is 0 Å². The molecular formula is C19H27N5O4. The molecule has 1 aliphatic heterocycles. The van der Waals surface area contributed by atoms with Crippen molar-refractivity contribution >= 4 is 17.9 Å². The van der Waals surface area contributed by atoms with Gasteiger partial charge in [-0.1, -0.05) is 0 Å². The van der Waals surface area contributed by atoms with Gasteiger partial charge in [0.1, 0.15) is 18.2 Å². The van der Waals surface area contributed by atoms with E-state index in [0.717, 1.165) is 30.2 Å². The molecule has 0 bridgehead atoms. The van der Waals surface area contributed by atoms with Gasteiger partial charge in [0.05, 0.1) is 30.7 Å². The minimum atomic E-state index is -0.983. The predicted octanol–water partition coefficient (Wildman–Crippen LogP) is 2.12. The highest BCUT2D eigenvalue weighted by Crippen LogP contribution is 2.19. The zero-order valence-electron chi connectivity index (χ0n) is 16.7. The fraction of sp³-hybridized carbons (Fsp3) is 0.526. The number of nitrogens with zero attached hydrogens (tertiary/aromatic N) is 4. The summed E-state index contributed by atoms with van der Waals surface area (Å²) in [6, 6.07) is 3.91. The first-order valence-electron chi connectivity index (χ1n) is 9.23. The number of hydrogen-bond donors (Lipinski definition) is 2. The third-order valence-electron chi connectivity index (χ3n) is 4.14. The van der Waals surface area contributed by atoms with Gasteiger partial charge in [0.25, 0.3) is 0 Å². The van der Waals surface area contributed by atoms with Crippen molar-refractivity contribution in [1.29, 1.82) is 0 Å². The van der Waals surface area contributed by atoms with Gasteiger partial charge in [0.15, 0.2) is 0 Å². The second kappa shape index (κ2) is 8.57. The van der Waals surface area contributed by atoms with Crippen LogP contribution in [0.3, 0.4) is 0 Å². The van der Waals surface area contributed by atoms with E-state index >= 15 is 0 Å². The molecule has 0 saturated carbocycles. The third-order valence-corrected chi connectivity index (χ3v) is 4.14. The van der Waals surface area contributed by atoms with Crippen molar-refractivity contribution in [3.63, 3.8) is 0 Å². The molecule has 2 aromatic heterocycles. The SMILES string of the molecule is Cc1cc(N/N=C/c2cc(N3CCOCC3)nc(OCC(C)(C)O)n2)oc1C. The van der Waals surface area contributed by atoms with E-state index in [0.29, 0.717) is 24.8 Å². The average Bonchev–Trinajstić information content (AvgIpc) is 2.98. The minimum absolute atomic E-state index is 0.0827. The lowest BCUT2D eigenvalue weighted by Gasteiger charge is -2.28. The van der Waals surface area contributed by atoms with Crippen molar-refractivity contribution in [3.8, 4) is 6.01 Å². The van der Waals surface area contributed by atoms with Crippen molar-refractivity contribution < 1.29 is 19.0 Å². The normalized spacial score (nSPS) is 15.2. The number of aliphatic hydroxyl groups is 1. The van der Waals surface area contributed by atoms with Gasteiger partial charge < -0.3 is 23.9 Å². The second-order valence-corrected chi connectivity index (χ2v) is 7.35. The van der Waals surface area contributed by atoms with Crippen molar-refractivity contribution in [3.05, 3.63) is 29.2 Å². The number of hydrogen-bond acceptors (Lipinski definition) is 9. The number of aryl methyl sites for hydroxylation is 2. The van der Waals surface area contributed by atoms with Crippen LogP contribution in [0.4, 0.5) is 11.7 Å². The largest absolute Gasteiger partial charge is 0.460 e. The number of rotatable bonds is 7. The highest BCUT2D eigenvalue weighted by Gasteiger charge is 2.18. The van der Waals surface area contributed by atoms with E-state index in [1.165, 1.54) is 0 Å². The molecule has 0 amide bonds. The Morgan fingerprint density at radius 3 is 2.68 bits per heavy atom. The lowest BCUT2D eigenvalue weighted by molar-refractivity contribution is 0.0250. The van der Waals surface area contributed by atoms with Gasteiger partial charge in [-0.25, -0.2) is 5.43 Å². The predicted molar refractivity (Wildman–Crippen MR) is 106 cm³/mol. The standard InChI is InChI=1S/C19H27N5O4/c1-13-9-17(28-14(13)2)23-20-11-15-10-16(24-5-7-26-8-6-24)22-18(21-15)27-12-19(3,4)25/h9-11,23,25H,5-8,12H2,1-4H3/b20-11+. The summed E-state index contributed by atoms with van der Waals surface area (Å²) < 4.78 is 16.5. The summed E-state index contributed by atoms with van der Waals surface area (Å²) in [4.78, 5) is 10.9. The van der Waals surface area contributed by atoms with E-state index in [2.05, 4.69) is 25.4 Å². The highest BCUT2D eigenvalue weighted by atomic mass is 16.5. The third kappa shape index (κ3) is 5.67. The molecule has 1 aliphatic rings. The lowest BCUT2D eigenvalue weighted by atomic mass is 10.2. The van der Waals surface area contributed by atoms with Crippen LogP contribution in [0.1, 0.15) is 30.9 Å². The van der Waals surface area contributed by atoms with Gasteiger partial charge in [0, 0.05) is 25.2 Å². The number of nitrogens with one attached hydrogen (secondary N) is 1. The van der Waals surface area contributed by atoms with E-state index in [1.54, 1.807) is 20.1 Å². The van der Waals surface area contributed by atoms with Gasteiger partial charge >= 0.3 is 6.01 Å². The monoisotopic (exact) mass is 389 g/mol. The molecule has 0 radical (unpaired) electrons. The van der Waals surface area contributed by atoms with Gasteiger partial charge in [-0.15, -0.1) is 0 Å². The summed E-state index contributed by atoms with van der Waals surface area (Å²) >= 11 is 0. The van der Waals surface area contributed by atoms with Crippen LogP contribution in [-0.2, 0) is 4.74 Å². The van der Waals surface area contributed by atoms with Gasteiger partial charge in [0.2, 0.25) is 5.88 Å². The molecule has 28 heavy (non-hydrogen) atoms. The maximum Gasteiger partial charge on any atom is 0.319 e. The van der Waals surface area contributed by atoms with Gasteiger partial charge in [-0.05, 0) is 33.3 Å². The van der Waals surface area contributed by atoms with Crippen LogP contribution < -0.4 is 15.1 Å². The summed E-state index contributed by atoms with van der Waals surface area (Å²) in [5.74, 6) is 2.14. The molecule has 0 unspecified atom stereocenters. The fourth-order valence-corrected chi connectivity index (χ4v) is 2.55. The average molecular weight is 389 g/mol. The zero-order chi connectivity index (χ0) is 20.1. The van der Waals surface area contributed by atoms with E-state index in [1.807, 2.05) is 26.0 Å². The summed E-state index contributed by atoms with van der Waals surface area (Å²) in [7, 11) is 0. The molecule has 0 aromatic carbocycles. The summed E-state index contributed by atoms with van der Waals surface area (Å²) in [5.41, 5.74) is 3.51. The lowest BCUT2D eigenvalue weighted by Crippen LogP contribution is -2.37. The molecule has 1 saturated heterocycles. The Hall–Kier alpha value is -2.65. The Morgan fingerprint density at radius 1 is 1.29 bits per heavy atom. The Bertz CT molecular complexity index is 803. The Morgan fingerprint density at radius 2 is 2.04 bits per heavy atom. The van der Waals surface area contributed by atoms with E-state index in [4.69, 9.17) is 13.9 Å². The van der Waals surface area contributed by atoms with E-state index in [9.17, 15) is 5.11 Å². The number of furan rings is 1. The maximum atomic E-state index is 9.90. The molecule has 0 spiro atoms. The fourth-order valence-electron chi connectivity index (χ4n) is 2.55. The number of hydrazone groups is 1. The molecule has 9 nitrogen and oxygen atoms in total. The molecule has 1 fully saturated rings. The van der Waals surface area contributed by atoms with Gasteiger partial charge in [-0.2, -0.15) is 15.1 Å². The smallest absolute Gasteiger partial charge is 0.319 e. The van der Waals surface area contributed by atoms with Crippen LogP contribution in [0.5, 0.6) is 6.01 Å². The second-order valence-electron chi connectivity index (χ2n) is 7.35.